The lowest BCUT2D eigenvalue weighted by molar-refractivity contribution is 0.557. The molecule has 0 fully saturated rings. The van der Waals surface area contributed by atoms with Gasteiger partial charge in [0.2, 0.25) is 0 Å². The van der Waals surface area contributed by atoms with Crippen LogP contribution in [0.1, 0.15) is 40.8 Å². The van der Waals surface area contributed by atoms with Gasteiger partial charge in [0.05, 0.1) is 6.04 Å². The van der Waals surface area contributed by atoms with Crippen molar-refractivity contribution in [3.8, 4) is 0 Å². The molecule has 0 saturated heterocycles. The quantitative estimate of drug-likeness (QED) is 0.866. The molecule has 106 valence electrons. The van der Waals surface area contributed by atoms with Crippen LogP contribution in [0.3, 0.4) is 0 Å². The summed E-state index contributed by atoms with van der Waals surface area (Å²) in [5, 5.41) is 3.40. The van der Waals surface area contributed by atoms with Crippen LogP contribution in [0.4, 0.5) is 4.39 Å². The zero-order chi connectivity index (χ0) is 14.7. The Morgan fingerprint density at radius 3 is 2.10 bits per heavy atom. The third kappa shape index (κ3) is 3.07. The third-order valence-electron chi connectivity index (χ3n) is 3.61. The molecule has 1 unspecified atom stereocenters. The van der Waals surface area contributed by atoms with E-state index in [9.17, 15) is 4.39 Å². The summed E-state index contributed by atoms with van der Waals surface area (Å²) in [5.74, 6) is -0.143. The van der Waals surface area contributed by atoms with Crippen molar-refractivity contribution in [3.63, 3.8) is 0 Å². The minimum absolute atomic E-state index is 0.0961. The molecular formula is C18H22FN. The van der Waals surface area contributed by atoms with E-state index in [1.807, 2.05) is 26.0 Å². The zero-order valence-corrected chi connectivity index (χ0v) is 12.6. The summed E-state index contributed by atoms with van der Waals surface area (Å²) in [7, 11) is 0. The predicted octanol–water partition coefficient (Wildman–Crippen LogP) is 4.45. The van der Waals surface area contributed by atoms with Crippen LogP contribution < -0.4 is 5.32 Å². The molecule has 0 aliphatic carbocycles. The maximum absolute atomic E-state index is 14.3. The Morgan fingerprint density at radius 1 is 0.950 bits per heavy atom. The summed E-state index contributed by atoms with van der Waals surface area (Å²) in [4.78, 5) is 0. The maximum atomic E-state index is 14.3. The van der Waals surface area contributed by atoms with E-state index in [4.69, 9.17) is 0 Å². The molecule has 2 aromatic carbocycles. The minimum Gasteiger partial charge on any atom is -0.306 e. The first-order chi connectivity index (χ1) is 9.52. The van der Waals surface area contributed by atoms with Crippen LogP contribution in [0.25, 0.3) is 0 Å². The number of halogens is 1. The molecule has 0 aliphatic rings. The van der Waals surface area contributed by atoms with Crippen molar-refractivity contribution in [3.05, 3.63) is 70.0 Å². The average Bonchev–Trinajstić information content (AvgIpc) is 2.37. The van der Waals surface area contributed by atoms with Gasteiger partial charge >= 0.3 is 0 Å². The van der Waals surface area contributed by atoms with Gasteiger partial charge in [0.25, 0.3) is 0 Å². The Hall–Kier alpha value is -1.67. The van der Waals surface area contributed by atoms with E-state index in [-0.39, 0.29) is 11.9 Å². The van der Waals surface area contributed by atoms with E-state index >= 15 is 0 Å². The summed E-state index contributed by atoms with van der Waals surface area (Å²) in [6, 6.07) is 11.7. The normalized spacial score (nSPS) is 12.4. The fourth-order valence-electron chi connectivity index (χ4n) is 2.61. The number of hydrogen-bond acceptors (Lipinski definition) is 1. The molecule has 0 saturated carbocycles. The molecule has 0 radical (unpaired) electrons. The van der Waals surface area contributed by atoms with Gasteiger partial charge in [0.15, 0.2) is 0 Å². The molecular weight excluding hydrogens is 249 g/mol. The number of nitrogens with one attached hydrogen (secondary N) is 1. The van der Waals surface area contributed by atoms with Crippen LogP contribution in [0.15, 0.2) is 36.4 Å². The molecule has 1 atom stereocenters. The second-order valence-corrected chi connectivity index (χ2v) is 5.38. The standard InChI is InChI=1S/C18H22FN/c1-5-20-18(15-8-6-12(2)10-14(15)4)16-9-7-13(3)11-17(16)19/h6-11,18,20H,5H2,1-4H3. The number of hydrogen-bond donors (Lipinski definition) is 1. The molecule has 0 spiro atoms. The van der Waals surface area contributed by atoms with Gasteiger partial charge in [-0.2, -0.15) is 0 Å². The van der Waals surface area contributed by atoms with Crippen molar-refractivity contribution < 1.29 is 4.39 Å². The molecule has 2 aromatic rings. The van der Waals surface area contributed by atoms with Crippen LogP contribution in [-0.4, -0.2) is 6.54 Å². The second-order valence-electron chi connectivity index (χ2n) is 5.38. The summed E-state index contributed by atoms with van der Waals surface area (Å²) in [6.45, 7) is 8.91. The largest absolute Gasteiger partial charge is 0.306 e. The van der Waals surface area contributed by atoms with E-state index in [0.29, 0.717) is 5.56 Å². The van der Waals surface area contributed by atoms with Gasteiger partial charge in [-0.25, -0.2) is 4.39 Å². The van der Waals surface area contributed by atoms with Gasteiger partial charge in [-0.1, -0.05) is 42.8 Å². The van der Waals surface area contributed by atoms with Crippen LogP contribution in [-0.2, 0) is 0 Å². The van der Waals surface area contributed by atoms with Crippen molar-refractivity contribution >= 4 is 0 Å². The Morgan fingerprint density at radius 2 is 1.55 bits per heavy atom. The first-order valence-electron chi connectivity index (χ1n) is 7.09. The monoisotopic (exact) mass is 271 g/mol. The summed E-state index contributed by atoms with van der Waals surface area (Å²) in [6.07, 6.45) is 0. The number of rotatable bonds is 4. The van der Waals surface area contributed by atoms with Crippen LogP contribution in [0.2, 0.25) is 0 Å². The molecule has 0 heterocycles. The van der Waals surface area contributed by atoms with Crippen molar-refractivity contribution in [1.82, 2.24) is 5.32 Å². The molecule has 0 aliphatic heterocycles. The third-order valence-corrected chi connectivity index (χ3v) is 3.61. The smallest absolute Gasteiger partial charge is 0.128 e. The van der Waals surface area contributed by atoms with E-state index in [1.54, 1.807) is 6.07 Å². The lowest BCUT2D eigenvalue weighted by Gasteiger charge is -2.22. The lowest BCUT2D eigenvalue weighted by Crippen LogP contribution is -2.23. The van der Waals surface area contributed by atoms with Crippen LogP contribution in [0, 0.1) is 26.6 Å². The van der Waals surface area contributed by atoms with Gasteiger partial charge in [-0.15, -0.1) is 0 Å². The Balaban J connectivity index is 2.50. The first kappa shape index (κ1) is 14.7. The molecule has 2 rings (SSSR count). The van der Waals surface area contributed by atoms with E-state index in [2.05, 4.69) is 37.4 Å². The SMILES string of the molecule is CCNC(c1ccc(C)cc1C)c1ccc(C)cc1F. The molecule has 1 nitrogen and oxygen atoms in total. The maximum Gasteiger partial charge on any atom is 0.128 e. The van der Waals surface area contributed by atoms with Crippen molar-refractivity contribution in [2.24, 2.45) is 0 Å². The molecule has 0 bridgehead atoms. The van der Waals surface area contributed by atoms with Crippen molar-refractivity contribution in [2.75, 3.05) is 6.54 Å². The Labute approximate surface area is 120 Å². The van der Waals surface area contributed by atoms with Gasteiger partial charge in [-0.3, -0.25) is 0 Å². The highest BCUT2D eigenvalue weighted by Gasteiger charge is 2.18. The first-order valence-corrected chi connectivity index (χ1v) is 7.09. The molecule has 0 amide bonds. The fraction of sp³-hybridized carbons (Fsp3) is 0.333. The molecule has 2 heteroatoms. The molecule has 0 aromatic heterocycles. The highest BCUT2D eigenvalue weighted by molar-refractivity contribution is 5.40. The Bertz CT molecular complexity index is 553. The van der Waals surface area contributed by atoms with Crippen LogP contribution >= 0.6 is 0 Å². The van der Waals surface area contributed by atoms with E-state index in [0.717, 1.165) is 17.7 Å². The van der Waals surface area contributed by atoms with Crippen molar-refractivity contribution in [2.45, 2.75) is 33.7 Å². The summed E-state index contributed by atoms with van der Waals surface area (Å²) < 4.78 is 14.3. The van der Waals surface area contributed by atoms with Gasteiger partial charge in [0.1, 0.15) is 5.82 Å². The van der Waals surface area contributed by atoms with Gasteiger partial charge in [-0.05, 0) is 50.1 Å². The summed E-state index contributed by atoms with van der Waals surface area (Å²) in [5.41, 5.74) is 5.22. The van der Waals surface area contributed by atoms with E-state index in [1.165, 1.54) is 11.1 Å². The highest BCUT2D eigenvalue weighted by Crippen LogP contribution is 2.28. The molecule has 1 N–H and O–H groups in total. The Kier molecular flexibility index (Phi) is 4.56. The lowest BCUT2D eigenvalue weighted by atomic mass is 9.93. The second kappa shape index (κ2) is 6.19. The average molecular weight is 271 g/mol. The van der Waals surface area contributed by atoms with Crippen LogP contribution in [0.5, 0.6) is 0 Å². The van der Waals surface area contributed by atoms with Crippen molar-refractivity contribution in [1.29, 1.82) is 0 Å². The topological polar surface area (TPSA) is 12.0 Å². The predicted molar refractivity (Wildman–Crippen MR) is 82.6 cm³/mol. The zero-order valence-electron chi connectivity index (χ0n) is 12.6. The number of benzene rings is 2. The van der Waals surface area contributed by atoms with Gasteiger partial charge in [0, 0.05) is 5.56 Å². The molecule has 20 heavy (non-hydrogen) atoms. The van der Waals surface area contributed by atoms with Gasteiger partial charge < -0.3 is 5.32 Å². The van der Waals surface area contributed by atoms with E-state index < -0.39 is 0 Å². The number of aryl methyl sites for hydroxylation is 3. The summed E-state index contributed by atoms with van der Waals surface area (Å²) >= 11 is 0. The fourth-order valence-corrected chi connectivity index (χ4v) is 2.61. The highest BCUT2D eigenvalue weighted by atomic mass is 19.1. The minimum atomic E-state index is -0.143.